The second kappa shape index (κ2) is 4.72. The molecule has 80 valence electrons. The smallest absolute Gasteiger partial charge is 0.252 e. The van der Waals surface area contributed by atoms with Crippen LogP contribution in [0.3, 0.4) is 0 Å². The van der Waals surface area contributed by atoms with Gasteiger partial charge in [0.05, 0.1) is 0 Å². The Kier molecular flexibility index (Phi) is 3.11. The van der Waals surface area contributed by atoms with Crippen LogP contribution >= 0.6 is 0 Å². The van der Waals surface area contributed by atoms with Crippen LogP contribution in [0, 0.1) is 0 Å². The Morgan fingerprint density at radius 3 is 2.53 bits per heavy atom. The summed E-state index contributed by atoms with van der Waals surface area (Å²) >= 11 is 0. The molecule has 5 nitrogen and oxygen atoms in total. The van der Waals surface area contributed by atoms with Gasteiger partial charge in [-0.2, -0.15) is 4.99 Å². The Hall–Kier alpha value is -1.65. The number of hydrogen-bond acceptors (Lipinski definition) is 3. The largest absolute Gasteiger partial charge is 0.369 e. The average Bonchev–Trinajstić information content (AvgIpc) is 2.31. The molecule has 1 aliphatic rings. The number of guanidine groups is 1. The molecule has 0 bridgehead atoms. The van der Waals surface area contributed by atoms with Gasteiger partial charge in [0.2, 0.25) is 0 Å². The van der Waals surface area contributed by atoms with Crippen molar-refractivity contribution in [3.63, 3.8) is 0 Å². The lowest BCUT2D eigenvalue weighted by molar-refractivity contribution is 0.339. The Morgan fingerprint density at radius 1 is 1.20 bits per heavy atom. The first-order valence-corrected chi connectivity index (χ1v) is 5.22. The van der Waals surface area contributed by atoms with E-state index in [2.05, 4.69) is 19.9 Å². The normalized spacial score (nSPS) is 17.9. The van der Waals surface area contributed by atoms with Gasteiger partial charge in [-0.1, -0.05) is 0 Å². The fourth-order valence-electron chi connectivity index (χ4n) is 1.65. The summed E-state index contributed by atoms with van der Waals surface area (Å²) in [7, 11) is 0. The van der Waals surface area contributed by atoms with Crippen molar-refractivity contribution in [1.29, 1.82) is 0 Å². The van der Waals surface area contributed by atoms with Crippen molar-refractivity contribution in [3.05, 3.63) is 18.5 Å². The first kappa shape index (κ1) is 9.89. The van der Waals surface area contributed by atoms with Crippen LogP contribution in [0.25, 0.3) is 0 Å². The van der Waals surface area contributed by atoms with E-state index in [1.165, 1.54) is 19.3 Å². The summed E-state index contributed by atoms with van der Waals surface area (Å²) < 4.78 is 0. The lowest BCUT2D eigenvalue weighted by Gasteiger charge is -2.27. The lowest BCUT2D eigenvalue weighted by Crippen LogP contribution is -2.40. The average molecular weight is 205 g/mol. The molecule has 1 aromatic rings. The van der Waals surface area contributed by atoms with Gasteiger partial charge < -0.3 is 10.6 Å². The molecule has 1 aromatic heterocycles. The number of hydrogen-bond donors (Lipinski definition) is 1. The molecule has 2 N–H and O–H groups in total. The van der Waals surface area contributed by atoms with E-state index in [-0.39, 0.29) is 0 Å². The third-order valence-electron chi connectivity index (χ3n) is 2.45. The van der Waals surface area contributed by atoms with Gasteiger partial charge in [-0.15, -0.1) is 0 Å². The standard InChI is InChI=1S/C10H15N5/c11-9(15-7-2-1-3-8-15)14-10-12-5-4-6-13-10/h4-6H,1-3,7-8H2,(H2,11,12,13,14). The highest BCUT2D eigenvalue weighted by atomic mass is 15.3. The summed E-state index contributed by atoms with van der Waals surface area (Å²) in [6, 6.07) is 1.76. The van der Waals surface area contributed by atoms with E-state index in [1.54, 1.807) is 18.5 Å². The van der Waals surface area contributed by atoms with Crippen molar-refractivity contribution in [2.75, 3.05) is 13.1 Å². The minimum atomic E-state index is 0.431. The minimum absolute atomic E-state index is 0.431. The van der Waals surface area contributed by atoms with Crippen LogP contribution in [0.5, 0.6) is 0 Å². The number of nitrogens with two attached hydrogens (primary N) is 1. The van der Waals surface area contributed by atoms with E-state index in [9.17, 15) is 0 Å². The Morgan fingerprint density at radius 2 is 1.87 bits per heavy atom. The van der Waals surface area contributed by atoms with E-state index >= 15 is 0 Å². The number of likely N-dealkylation sites (tertiary alicyclic amines) is 1. The van der Waals surface area contributed by atoms with E-state index in [1.807, 2.05) is 0 Å². The van der Waals surface area contributed by atoms with Gasteiger partial charge in [0.15, 0.2) is 5.96 Å². The number of aromatic nitrogens is 2. The van der Waals surface area contributed by atoms with Gasteiger partial charge in [-0.05, 0) is 25.3 Å². The van der Waals surface area contributed by atoms with Crippen LogP contribution in [-0.4, -0.2) is 33.9 Å². The molecule has 2 heterocycles. The Bertz CT molecular complexity index is 329. The van der Waals surface area contributed by atoms with Gasteiger partial charge in [0.1, 0.15) is 0 Å². The maximum Gasteiger partial charge on any atom is 0.252 e. The monoisotopic (exact) mass is 205 g/mol. The third kappa shape index (κ3) is 2.65. The van der Waals surface area contributed by atoms with Crippen molar-refractivity contribution in [2.24, 2.45) is 10.7 Å². The van der Waals surface area contributed by atoms with E-state index in [0.717, 1.165) is 13.1 Å². The maximum absolute atomic E-state index is 5.88. The first-order valence-electron chi connectivity index (χ1n) is 5.22. The highest BCUT2D eigenvalue weighted by Gasteiger charge is 2.12. The molecular formula is C10H15N5. The SMILES string of the molecule is NC(=Nc1ncccn1)N1CCCCC1. The van der Waals surface area contributed by atoms with Gasteiger partial charge >= 0.3 is 0 Å². The second-order valence-electron chi connectivity index (χ2n) is 3.57. The summed E-state index contributed by atoms with van der Waals surface area (Å²) in [6.07, 6.45) is 6.98. The van der Waals surface area contributed by atoms with Crippen molar-refractivity contribution in [2.45, 2.75) is 19.3 Å². The second-order valence-corrected chi connectivity index (χ2v) is 3.57. The van der Waals surface area contributed by atoms with Crippen molar-refractivity contribution >= 4 is 11.9 Å². The summed E-state index contributed by atoms with van der Waals surface area (Å²) in [6.45, 7) is 1.98. The van der Waals surface area contributed by atoms with E-state index < -0.39 is 0 Å². The number of aliphatic imine (C=N–C) groups is 1. The molecule has 0 aliphatic carbocycles. The fourth-order valence-corrected chi connectivity index (χ4v) is 1.65. The predicted octanol–water partition coefficient (Wildman–Crippen LogP) is 0.909. The summed E-state index contributed by atoms with van der Waals surface area (Å²) in [4.78, 5) is 14.3. The van der Waals surface area contributed by atoms with E-state index in [0.29, 0.717) is 11.9 Å². The molecule has 2 rings (SSSR count). The lowest BCUT2D eigenvalue weighted by atomic mass is 10.1. The fraction of sp³-hybridized carbons (Fsp3) is 0.500. The zero-order valence-corrected chi connectivity index (χ0v) is 8.63. The molecule has 0 atom stereocenters. The zero-order chi connectivity index (χ0) is 10.5. The van der Waals surface area contributed by atoms with Gasteiger partial charge in [0, 0.05) is 25.5 Å². The van der Waals surface area contributed by atoms with Crippen molar-refractivity contribution in [1.82, 2.24) is 14.9 Å². The molecule has 15 heavy (non-hydrogen) atoms. The molecule has 1 fully saturated rings. The third-order valence-corrected chi connectivity index (χ3v) is 2.45. The number of piperidine rings is 1. The van der Waals surface area contributed by atoms with Crippen LogP contribution in [0.4, 0.5) is 5.95 Å². The van der Waals surface area contributed by atoms with Crippen LogP contribution in [0.15, 0.2) is 23.5 Å². The van der Waals surface area contributed by atoms with Crippen LogP contribution in [0.2, 0.25) is 0 Å². The van der Waals surface area contributed by atoms with Gasteiger partial charge in [-0.3, -0.25) is 0 Å². The molecule has 0 spiro atoms. The number of nitrogens with zero attached hydrogens (tertiary/aromatic N) is 4. The van der Waals surface area contributed by atoms with Crippen LogP contribution < -0.4 is 5.73 Å². The van der Waals surface area contributed by atoms with Crippen LogP contribution in [-0.2, 0) is 0 Å². The molecule has 0 unspecified atom stereocenters. The van der Waals surface area contributed by atoms with Crippen molar-refractivity contribution in [3.8, 4) is 0 Å². The van der Waals surface area contributed by atoms with Gasteiger partial charge in [0.25, 0.3) is 5.95 Å². The minimum Gasteiger partial charge on any atom is -0.369 e. The molecule has 5 heteroatoms. The van der Waals surface area contributed by atoms with E-state index in [4.69, 9.17) is 5.73 Å². The molecule has 0 amide bonds. The predicted molar refractivity (Wildman–Crippen MR) is 58.7 cm³/mol. The first-order chi connectivity index (χ1) is 7.36. The van der Waals surface area contributed by atoms with Crippen molar-refractivity contribution < 1.29 is 0 Å². The topological polar surface area (TPSA) is 67.4 Å². The summed E-state index contributed by atoms with van der Waals surface area (Å²) in [5.74, 6) is 0.960. The highest BCUT2D eigenvalue weighted by Crippen LogP contribution is 2.09. The van der Waals surface area contributed by atoms with Gasteiger partial charge in [-0.25, -0.2) is 9.97 Å². The quantitative estimate of drug-likeness (QED) is 0.546. The molecule has 0 radical (unpaired) electrons. The molecule has 1 aliphatic heterocycles. The zero-order valence-electron chi connectivity index (χ0n) is 8.63. The van der Waals surface area contributed by atoms with Crippen LogP contribution in [0.1, 0.15) is 19.3 Å². The number of rotatable bonds is 1. The summed E-state index contributed by atoms with van der Waals surface area (Å²) in [5.41, 5.74) is 5.88. The molecule has 1 saturated heterocycles. The Balaban J connectivity index is 2.06. The molecular weight excluding hydrogens is 190 g/mol. The highest BCUT2D eigenvalue weighted by molar-refractivity contribution is 5.80. The molecule has 0 aromatic carbocycles. The summed E-state index contributed by atoms with van der Waals surface area (Å²) in [5, 5.41) is 0. The molecule has 0 saturated carbocycles. The maximum atomic E-state index is 5.88. The Labute approximate surface area is 89.0 Å².